The lowest BCUT2D eigenvalue weighted by atomic mass is 10.1. The van der Waals surface area contributed by atoms with Crippen LogP contribution < -0.4 is 11.0 Å². The molecule has 8 nitrogen and oxygen atoms in total. The molecule has 0 saturated heterocycles. The van der Waals surface area contributed by atoms with Crippen molar-refractivity contribution in [3.8, 4) is 0 Å². The molecular formula is C40H34N8. The van der Waals surface area contributed by atoms with Gasteiger partial charge >= 0.3 is 0 Å². The molecule has 8 rings (SSSR count). The van der Waals surface area contributed by atoms with Gasteiger partial charge in [0.15, 0.2) is 12.3 Å². The SMILES string of the molecule is C=C/C=C\C1=C(C=C)C2N=c3c(/C=C\C)c(C=C)c4n3C35N2C1=Nc1c(C=C)c(/C=C\C=C)c(n13)N=C1C(C=C)=C(/C=C\C=C)C(N=4)N15. The van der Waals surface area contributed by atoms with Crippen LogP contribution in [-0.4, -0.2) is 42.9 Å². The van der Waals surface area contributed by atoms with E-state index in [2.05, 4.69) is 77.1 Å². The van der Waals surface area contributed by atoms with E-state index in [4.69, 9.17) is 20.0 Å². The highest BCUT2D eigenvalue weighted by Gasteiger charge is 2.67. The number of aliphatic imine (C=N–C) groups is 2. The lowest BCUT2D eigenvalue weighted by Crippen LogP contribution is -2.78. The minimum absolute atomic E-state index is 0.469. The summed E-state index contributed by atoms with van der Waals surface area (Å²) in [7, 11) is 0. The molecule has 234 valence electrons. The summed E-state index contributed by atoms with van der Waals surface area (Å²) < 4.78 is 4.46. The average Bonchev–Trinajstić information content (AvgIpc) is 3.78. The monoisotopic (exact) mass is 626 g/mol. The molecule has 0 saturated carbocycles. The van der Waals surface area contributed by atoms with Crippen LogP contribution in [0.3, 0.4) is 0 Å². The molecule has 3 unspecified atom stereocenters. The Morgan fingerprint density at radius 3 is 1.75 bits per heavy atom. The highest BCUT2D eigenvalue weighted by Crippen LogP contribution is 2.57. The highest BCUT2D eigenvalue weighted by atomic mass is 15.8. The lowest BCUT2D eigenvalue weighted by Gasteiger charge is -2.58. The van der Waals surface area contributed by atoms with Gasteiger partial charge in [0, 0.05) is 44.5 Å². The summed E-state index contributed by atoms with van der Waals surface area (Å²) in [6.07, 6.45) is 27.8. The van der Waals surface area contributed by atoms with E-state index >= 15 is 0 Å². The number of rotatable bonds is 11. The summed E-state index contributed by atoms with van der Waals surface area (Å²) in [5.74, 6) is 1.86. The smallest absolute Gasteiger partial charge is 0.269 e. The molecule has 3 atom stereocenters. The molecule has 0 aliphatic carbocycles. The van der Waals surface area contributed by atoms with Crippen LogP contribution in [0.5, 0.6) is 0 Å². The van der Waals surface area contributed by atoms with Gasteiger partial charge in [0.05, 0.1) is 0 Å². The molecule has 8 heterocycles. The predicted molar refractivity (Wildman–Crippen MR) is 197 cm³/mol. The van der Waals surface area contributed by atoms with E-state index in [0.717, 1.165) is 78.8 Å². The van der Waals surface area contributed by atoms with Crippen LogP contribution in [0.1, 0.15) is 29.2 Å². The maximum Gasteiger partial charge on any atom is 0.298 e. The van der Waals surface area contributed by atoms with Crippen molar-refractivity contribution in [2.45, 2.75) is 25.2 Å². The number of hydrogen-bond donors (Lipinski definition) is 0. The third-order valence-electron chi connectivity index (χ3n) is 9.53. The van der Waals surface area contributed by atoms with E-state index < -0.39 is 18.2 Å². The molecule has 0 N–H and O–H groups in total. The molecule has 0 bridgehead atoms. The van der Waals surface area contributed by atoms with Gasteiger partial charge in [-0.1, -0.05) is 137 Å². The largest absolute Gasteiger partial charge is 0.298 e. The number of amidine groups is 2. The van der Waals surface area contributed by atoms with E-state index in [1.807, 2.05) is 67.7 Å². The van der Waals surface area contributed by atoms with Crippen molar-refractivity contribution in [2.75, 3.05) is 0 Å². The van der Waals surface area contributed by atoms with Crippen molar-refractivity contribution in [3.05, 3.63) is 168 Å². The summed E-state index contributed by atoms with van der Waals surface area (Å²) >= 11 is 0. The summed E-state index contributed by atoms with van der Waals surface area (Å²) in [6.45, 7) is 30.9. The van der Waals surface area contributed by atoms with Crippen LogP contribution in [0.15, 0.2) is 155 Å². The van der Waals surface area contributed by atoms with E-state index in [1.165, 1.54) is 0 Å². The lowest BCUT2D eigenvalue weighted by molar-refractivity contribution is -0.118. The first-order chi connectivity index (χ1) is 23.5. The zero-order valence-electron chi connectivity index (χ0n) is 26.8. The zero-order valence-corrected chi connectivity index (χ0v) is 26.8. The van der Waals surface area contributed by atoms with Crippen molar-refractivity contribution >= 4 is 47.6 Å². The second-order valence-corrected chi connectivity index (χ2v) is 11.7. The number of nitrogens with zero attached hydrogens (tertiary/aromatic N) is 8. The van der Waals surface area contributed by atoms with Gasteiger partial charge in [0.25, 0.3) is 5.91 Å². The number of allylic oxidation sites excluding steroid dienone is 7. The minimum atomic E-state index is -1.10. The first-order valence-electron chi connectivity index (χ1n) is 15.8. The van der Waals surface area contributed by atoms with Gasteiger partial charge in [-0.25, -0.2) is 29.1 Å². The van der Waals surface area contributed by atoms with Crippen LogP contribution in [0.2, 0.25) is 0 Å². The van der Waals surface area contributed by atoms with Crippen molar-refractivity contribution in [3.63, 3.8) is 0 Å². The topological polar surface area (TPSA) is 65.8 Å². The molecule has 8 heteroatoms. The fourth-order valence-electron chi connectivity index (χ4n) is 7.86. The van der Waals surface area contributed by atoms with Crippen LogP contribution in [-0.2, 0) is 5.91 Å². The minimum Gasteiger partial charge on any atom is -0.269 e. The third kappa shape index (κ3) is 3.19. The molecule has 1 spiro atoms. The Labute approximate surface area is 279 Å². The van der Waals surface area contributed by atoms with E-state index in [9.17, 15) is 0 Å². The fourth-order valence-corrected chi connectivity index (χ4v) is 7.86. The quantitative estimate of drug-likeness (QED) is 0.252. The summed E-state index contributed by atoms with van der Waals surface area (Å²) in [4.78, 5) is 26.4. The molecule has 0 fully saturated rings. The van der Waals surface area contributed by atoms with Crippen molar-refractivity contribution in [1.82, 2.24) is 18.9 Å². The second kappa shape index (κ2) is 10.4. The van der Waals surface area contributed by atoms with Crippen LogP contribution in [0.4, 0.5) is 11.6 Å². The van der Waals surface area contributed by atoms with Crippen molar-refractivity contribution in [2.24, 2.45) is 20.0 Å². The molecule has 0 radical (unpaired) electrons. The van der Waals surface area contributed by atoms with Gasteiger partial charge in [0.2, 0.25) is 0 Å². The molecule has 2 aromatic rings. The van der Waals surface area contributed by atoms with E-state index in [0.29, 0.717) is 0 Å². The molecule has 6 aliphatic rings. The molecule has 2 aromatic heterocycles. The zero-order chi connectivity index (χ0) is 33.5. The Hall–Kier alpha value is -6.28. The maximum atomic E-state index is 5.49. The Bertz CT molecular complexity index is 2350. The van der Waals surface area contributed by atoms with Crippen molar-refractivity contribution < 1.29 is 0 Å². The Balaban J connectivity index is 1.67. The number of aromatic nitrogens is 2. The normalized spacial score (nSPS) is 23.8. The average molecular weight is 627 g/mol. The summed E-state index contributed by atoms with van der Waals surface area (Å²) in [5, 5.41) is 0. The Morgan fingerprint density at radius 1 is 0.562 bits per heavy atom. The molecule has 6 aliphatic heterocycles. The van der Waals surface area contributed by atoms with E-state index in [1.54, 1.807) is 18.2 Å². The predicted octanol–water partition coefficient (Wildman–Crippen LogP) is 7.01. The van der Waals surface area contributed by atoms with Crippen LogP contribution >= 0.6 is 0 Å². The summed E-state index contributed by atoms with van der Waals surface area (Å²) in [6, 6.07) is 0. The van der Waals surface area contributed by atoms with Crippen LogP contribution in [0.25, 0.3) is 24.3 Å². The number of hydrogen-bond acceptors (Lipinski definition) is 6. The van der Waals surface area contributed by atoms with Gasteiger partial charge in [-0.2, -0.15) is 0 Å². The first kappa shape index (κ1) is 29.1. The van der Waals surface area contributed by atoms with E-state index in [-0.39, 0.29) is 0 Å². The van der Waals surface area contributed by atoms with Gasteiger partial charge in [-0.05, 0) is 6.92 Å². The van der Waals surface area contributed by atoms with Crippen LogP contribution in [0, 0.1) is 0 Å². The first-order valence-corrected chi connectivity index (χ1v) is 15.8. The standard InChI is InChI=1S/C40H34N8/c1-9-17-21-29-25(14-6)33-41-36-28(20-12-4)24(13-5)32-42-37-30(22-18-10-2)26(15-7)34-44-39-31(23-19-11-3)27(16-8)35-43-38(29)46(33)40(45(32)36,47(34)37)48(35)39/h9-23,33,37H,1-3,5-8H2,4H3/b20-12-,21-17-,22-18-,23-19-. The fraction of sp³-hybridized carbons (Fsp3) is 0.100. The second-order valence-electron chi connectivity index (χ2n) is 11.7. The molecular weight excluding hydrogens is 592 g/mol. The molecule has 48 heavy (non-hydrogen) atoms. The van der Waals surface area contributed by atoms with Crippen molar-refractivity contribution in [1.29, 1.82) is 0 Å². The molecule has 0 amide bonds. The van der Waals surface area contributed by atoms with Gasteiger partial charge in [-0.15, -0.1) is 0 Å². The third-order valence-corrected chi connectivity index (χ3v) is 9.53. The van der Waals surface area contributed by atoms with Gasteiger partial charge in [0.1, 0.15) is 34.3 Å². The summed E-state index contributed by atoms with van der Waals surface area (Å²) in [5.41, 5.74) is 8.81. The Morgan fingerprint density at radius 2 is 1.15 bits per heavy atom. The van der Waals surface area contributed by atoms with Gasteiger partial charge in [-0.3, -0.25) is 9.80 Å². The highest BCUT2D eigenvalue weighted by molar-refractivity contribution is 6.12. The van der Waals surface area contributed by atoms with Gasteiger partial charge < -0.3 is 0 Å². The Kier molecular flexibility index (Phi) is 6.29. The molecule has 0 aromatic carbocycles. The maximum absolute atomic E-state index is 5.49.